The summed E-state index contributed by atoms with van der Waals surface area (Å²) in [4.78, 5) is 27.6. The standard InChI is InChI=1S/2C13H18ClN5O/c1-8-4-5-9(6-10(8)14)7-20-19-12(16)17-11(15)18-13(19,2)3;1-8-4-5-9(10(14)6-8)7-20-19-12(16)17-11(15)18-13(19,2)3/h2*4-6H,7H2,1-3H3,(H4,15,16,17,18). The van der Waals surface area contributed by atoms with E-state index in [1.54, 1.807) is 0 Å². The molecule has 0 saturated carbocycles. The topological polar surface area (TPSA) is 178 Å². The average Bonchev–Trinajstić information content (AvgIpc) is 2.80. The van der Waals surface area contributed by atoms with Crippen LogP contribution in [0.2, 0.25) is 10.0 Å². The van der Waals surface area contributed by atoms with Crippen LogP contribution in [0.3, 0.4) is 0 Å². The Labute approximate surface area is 244 Å². The number of halogens is 2. The number of guanidine groups is 4. The van der Waals surface area contributed by atoms with Crippen LogP contribution in [-0.4, -0.2) is 45.3 Å². The maximum Gasteiger partial charge on any atom is 0.226 e. The third-order valence-electron chi connectivity index (χ3n) is 5.80. The van der Waals surface area contributed by atoms with Crippen molar-refractivity contribution in [3.8, 4) is 0 Å². The predicted molar refractivity (Wildman–Crippen MR) is 160 cm³/mol. The van der Waals surface area contributed by atoms with E-state index in [4.69, 9.17) is 55.8 Å². The van der Waals surface area contributed by atoms with Crippen molar-refractivity contribution in [3.05, 3.63) is 68.7 Å². The number of nitrogens with two attached hydrogens (primary N) is 4. The zero-order chi connectivity index (χ0) is 29.8. The Morgan fingerprint density at radius 3 is 1.73 bits per heavy atom. The molecule has 0 bridgehead atoms. The SMILES string of the molecule is Cc1ccc(CON2C(N)=NC(N)=NC2(C)C)c(Cl)c1.Cc1ccc(CON2C(N)=NC(N)=NC2(C)C)cc1Cl. The lowest BCUT2D eigenvalue weighted by molar-refractivity contribution is -0.166. The molecule has 40 heavy (non-hydrogen) atoms. The van der Waals surface area contributed by atoms with Crippen LogP contribution in [0.4, 0.5) is 0 Å². The second kappa shape index (κ2) is 12.3. The molecule has 8 N–H and O–H groups in total. The summed E-state index contributed by atoms with van der Waals surface area (Å²) < 4.78 is 0. The minimum atomic E-state index is -0.715. The molecule has 216 valence electrons. The molecule has 14 heteroatoms. The number of aliphatic imine (C=N–C) groups is 4. The van der Waals surface area contributed by atoms with Gasteiger partial charge in [0.15, 0.2) is 11.3 Å². The monoisotopic (exact) mass is 590 g/mol. The molecule has 2 aliphatic heterocycles. The minimum Gasteiger partial charge on any atom is -0.368 e. The van der Waals surface area contributed by atoms with Gasteiger partial charge in [-0.25, -0.2) is 9.98 Å². The lowest BCUT2D eigenvalue weighted by Gasteiger charge is -2.36. The first-order chi connectivity index (χ1) is 18.6. The molecule has 0 radical (unpaired) electrons. The van der Waals surface area contributed by atoms with E-state index in [-0.39, 0.29) is 30.4 Å². The summed E-state index contributed by atoms with van der Waals surface area (Å²) in [6.07, 6.45) is 0. The molecule has 12 nitrogen and oxygen atoms in total. The molecule has 0 fully saturated rings. The smallest absolute Gasteiger partial charge is 0.226 e. The van der Waals surface area contributed by atoms with Crippen molar-refractivity contribution < 1.29 is 9.68 Å². The van der Waals surface area contributed by atoms with Crippen LogP contribution in [0, 0.1) is 13.8 Å². The van der Waals surface area contributed by atoms with E-state index in [9.17, 15) is 0 Å². The predicted octanol–water partition coefficient (Wildman–Crippen LogP) is 3.52. The number of hydrogen-bond donors (Lipinski definition) is 4. The molecular weight excluding hydrogens is 555 g/mol. The summed E-state index contributed by atoms with van der Waals surface area (Å²) >= 11 is 12.3. The Morgan fingerprint density at radius 2 is 1.25 bits per heavy atom. The Balaban J connectivity index is 0.000000220. The third kappa shape index (κ3) is 7.75. The van der Waals surface area contributed by atoms with Crippen molar-refractivity contribution in [1.29, 1.82) is 0 Å². The largest absolute Gasteiger partial charge is 0.368 e. The first-order valence-corrected chi connectivity index (χ1v) is 13.1. The van der Waals surface area contributed by atoms with Crippen molar-refractivity contribution in [1.82, 2.24) is 10.1 Å². The highest BCUT2D eigenvalue weighted by Gasteiger charge is 2.34. The van der Waals surface area contributed by atoms with Gasteiger partial charge >= 0.3 is 0 Å². The van der Waals surface area contributed by atoms with E-state index >= 15 is 0 Å². The maximum absolute atomic E-state index is 6.17. The maximum atomic E-state index is 6.17. The number of aryl methyl sites for hydroxylation is 2. The molecule has 0 amide bonds. The average molecular weight is 592 g/mol. The van der Waals surface area contributed by atoms with E-state index in [1.807, 2.05) is 77.9 Å². The van der Waals surface area contributed by atoms with Crippen molar-refractivity contribution in [2.24, 2.45) is 42.9 Å². The molecule has 0 unspecified atom stereocenters. The number of hydrogen-bond acceptors (Lipinski definition) is 12. The van der Waals surface area contributed by atoms with Gasteiger partial charge in [-0.05, 0) is 75.9 Å². The van der Waals surface area contributed by atoms with Crippen molar-refractivity contribution in [2.75, 3.05) is 0 Å². The highest BCUT2D eigenvalue weighted by atomic mass is 35.5. The van der Waals surface area contributed by atoms with Gasteiger partial charge in [-0.1, -0.05) is 47.5 Å². The lowest BCUT2D eigenvalue weighted by atomic mass is 10.2. The van der Waals surface area contributed by atoms with Crippen LogP contribution in [0.25, 0.3) is 0 Å². The minimum absolute atomic E-state index is 0.140. The second-order valence-electron chi connectivity index (χ2n) is 10.2. The molecule has 0 aromatic heterocycles. The van der Waals surface area contributed by atoms with Crippen LogP contribution in [0.15, 0.2) is 56.4 Å². The van der Waals surface area contributed by atoms with Crippen molar-refractivity contribution in [2.45, 2.75) is 66.1 Å². The first-order valence-electron chi connectivity index (χ1n) is 12.3. The molecule has 2 aromatic rings. The third-order valence-corrected chi connectivity index (χ3v) is 6.56. The molecule has 0 saturated heterocycles. The van der Waals surface area contributed by atoms with Crippen molar-refractivity contribution >= 4 is 47.0 Å². The van der Waals surface area contributed by atoms with Gasteiger partial charge in [0.1, 0.15) is 13.2 Å². The first kappa shape index (κ1) is 31.0. The number of rotatable bonds is 6. The van der Waals surface area contributed by atoms with Crippen molar-refractivity contribution in [3.63, 3.8) is 0 Å². The normalized spacial score (nSPS) is 17.7. The summed E-state index contributed by atoms with van der Waals surface area (Å²) in [7, 11) is 0. The van der Waals surface area contributed by atoms with Gasteiger partial charge in [0, 0.05) is 10.0 Å². The number of nitrogens with zero attached hydrogens (tertiary/aromatic N) is 6. The zero-order valence-electron chi connectivity index (χ0n) is 23.4. The van der Waals surface area contributed by atoms with Crippen LogP contribution in [-0.2, 0) is 22.9 Å². The Bertz CT molecular complexity index is 1370. The van der Waals surface area contributed by atoms with Gasteiger partial charge in [0.2, 0.25) is 23.8 Å². The highest BCUT2D eigenvalue weighted by Crippen LogP contribution is 2.24. The molecular formula is C26H36Cl2N10O2. The highest BCUT2D eigenvalue weighted by molar-refractivity contribution is 6.31. The summed E-state index contributed by atoms with van der Waals surface area (Å²) in [6.45, 7) is 11.8. The van der Waals surface area contributed by atoms with E-state index in [2.05, 4.69) is 20.0 Å². The van der Waals surface area contributed by atoms with Gasteiger partial charge in [-0.15, -0.1) is 0 Å². The fraction of sp³-hybridized carbons (Fsp3) is 0.385. The lowest BCUT2D eigenvalue weighted by Crippen LogP contribution is -2.53. The number of benzene rings is 2. The van der Waals surface area contributed by atoms with Gasteiger partial charge in [0.05, 0.1) is 0 Å². The molecule has 0 spiro atoms. The number of hydroxylamine groups is 4. The molecule has 4 rings (SSSR count). The van der Waals surface area contributed by atoms with Crippen LogP contribution < -0.4 is 22.9 Å². The van der Waals surface area contributed by atoms with E-state index < -0.39 is 11.3 Å². The van der Waals surface area contributed by atoms with Gasteiger partial charge in [0.25, 0.3) is 0 Å². The fourth-order valence-corrected chi connectivity index (χ4v) is 4.30. The summed E-state index contributed by atoms with van der Waals surface area (Å²) in [5.41, 5.74) is 25.3. The van der Waals surface area contributed by atoms with Gasteiger partial charge in [-0.3, -0.25) is 9.68 Å². The van der Waals surface area contributed by atoms with Gasteiger partial charge in [-0.2, -0.15) is 20.1 Å². The Kier molecular flexibility index (Phi) is 9.52. The fourth-order valence-electron chi connectivity index (χ4n) is 3.80. The van der Waals surface area contributed by atoms with E-state index in [0.29, 0.717) is 16.7 Å². The molecule has 0 atom stereocenters. The molecule has 2 heterocycles. The van der Waals surface area contributed by atoms with Gasteiger partial charge < -0.3 is 22.9 Å². The Morgan fingerprint density at radius 1 is 0.725 bits per heavy atom. The van der Waals surface area contributed by atoms with Crippen LogP contribution in [0.1, 0.15) is 49.9 Å². The summed E-state index contributed by atoms with van der Waals surface area (Å²) in [5.74, 6) is 0.637. The quantitative estimate of drug-likeness (QED) is 0.394. The van der Waals surface area contributed by atoms with E-state index in [0.717, 1.165) is 22.3 Å². The Hall–Kier alpha value is -3.58. The summed E-state index contributed by atoms with van der Waals surface area (Å²) in [6, 6.07) is 11.5. The molecule has 0 aliphatic carbocycles. The van der Waals surface area contributed by atoms with E-state index in [1.165, 1.54) is 10.1 Å². The van der Waals surface area contributed by atoms with Crippen LogP contribution >= 0.6 is 23.2 Å². The molecule has 2 aromatic carbocycles. The second-order valence-corrected chi connectivity index (χ2v) is 11.0. The molecule has 2 aliphatic rings. The summed E-state index contributed by atoms with van der Waals surface area (Å²) in [5, 5.41) is 4.22. The zero-order valence-corrected chi connectivity index (χ0v) is 25.0. The van der Waals surface area contributed by atoms with Crippen LogP contribution in [0.5, 0.6) is 0 Å².